The van der Waals surface area contributed by atoms with Crippen LogP contribution in [-0.4, -0.2) is 27.7 Å². The molecule has 1 heterocycles. The van der Waals surface area contributed by atoms with Crippen LogP contribution in [0.3, 0.4) is 0 Å². The molecule has 2 amide bonds. The van der Waals surface area contributed by atoms with Crippen LogP contribution in [0, 0.1) is 14.0 Å². The van der Waals surface area contributed by atoms with Crippen LogP contribution >= 0.6 is 77.3 Å². The molecule has 0 aromatic heterocycles. The van der Waals surface area contributed by atoms with Gasteiger partial charge in [0.15, 0.2) is 0 Å². The fraction of sp³-hybridized carbons (Fsp3) is 0.125. The van der Waals surface area contributed by atoms with Gasteiger partial charge in [-0.1, -0.05) is 82.1 Å². The van der Waals surface area contributed by atoms with Gasteiger partial charge in [-0.05, 0) is 106 Å². The summed E-state index contributed by atoms with van der Waals surface area (Å²) >= 11 is 8.89. The molecule has 0 saturated carbocycles. The van der Waals surface area contributed by atoms with Gasteiger partial charge in [-0.3, -0.25) is 9.59 Å². The zero-order valence-corrected chi connectivity index (χ0v) is 29.1. The molecule has 4 aromatic rings. The summed E-state index contributed by atoms with van der Waals surface area (Å²) in [5.41, 5.74) is -0.146. The number of rotatable bonds is 3. The van der Waals surface area contributed by atoms with E-state index in [0.29, 0.717) is 24.0 Å². The fourth-order valence-corrected chi connectivity index (χ4v) is 3.60. The van der Waals surface area contributed by atoms with E-state index in [1.165, 1.54) is 0 Å². The molecular formula is C32H27Br2I2NO6. The molecule has 0 unspecified atom stereocenters. The van der Waals surface area contributed by atoms with Crippen LogP contribution in [0.5, 0.6) is 0 Å². The summed E-state index contributed by atoms with van der Waals surface area (Å²) in [5.74, 6) is -1.70. The standard InChI is InChI=1S/C14H10O4.C7H6BrI.C7H7I.C4H4BrNO2/c15-13(11-7-3-1-4-8-11)17-18-14(16)12-9-5-2-6-10-12;8-5-6-1-3-7(9)4-2-6;1-6-2-4-7(8)5-3-6;5-6-3(7)1-2-4(6)8/h1-10H;1-4H,5H2;2-5H,1H3;1-2H2/i;1D,2D,3D,4D,5D2;1D3,2D,3D,4D,5D;. The van der Waals surface area contributed by atoms with Crippen LogP contribution in [0.15, 0.2) is 109 Å². The first-order valence-corrected chi connectivity index (χ1v) is 15.3. The van der Waals surface area contributed by atoms with Crippen LogP contribution in [0.2, 0.25) is 0 Å². The third-order valence-electron chi connectivity index (χ3n) is 4.49. The molecule has 0 atom stereocenters. The van der Waals surface area contributed by atoms with Gasteiger partial charge in [0, 0.05) is 32.1 Å². The number of nitrogens with zero attached hydrogens (tertiary/aromatic N) is 1. The Morgan fingerprint density at radius 1 is 0.791 bits per heavy atom. The normalized spacial score (nSPS) is 16.5. The van der Waals surface area contributed by atoms with E-state index in [-0.39, 0.29) is 60.8 Å². The topological polar surface area (TPSA) is 90.0 Å². The van der Waals surface area contributed by atoms with E-state index < -0.39 is 41.7 Å². The van der Waals surface area contributed by atoms with E-state index >= 15 is 0 Å². The van der Waals surface area contributed by atoms with Crippen LogP contribution in [0.25, 0.3) is 0 Å². The van der Waals surface area contributed by atoms with Gasteiger partial charge in [-0.15, -0.1) is 0 Å². The smallest absolute Gasteiger partial charge is 0.274 e. The molecule has 11 heteroatoms. The molecule has 0 bridgehead atoms. The number of alkyl halides is 1. The van der Waals surface area contributed by atoms with Gasteiger partial charge in [0.25, 0.3) is 0 Å². The fourth-order valence-electron chi connectivity index (χ4n) is 2.51. The largest absolute Gasteiger partial charge is 0.386 e. The zero-order valence-electron chi connectivity index (χ0n) is 34.6. The molecule has 224 valence electrons. The van der Waals surface area contributed by atoms with Gasteiger partial charge in [0.1, 0.15) is 0 Å². The van der Waals surface area contributed by atoms with Crippen molar-refractivity contribution in [3.8, 4) is 0 Å². The molecule has 0 N–H and O–H groups in total. The first-order chi connectivity index (χ1) is 25.8. The number of hydrogen-bond donors (Lipinski definition) is 0. The molecule has 1 aliphatic heterocycles. The number of carbonyl (C=O) groups is 4. The SMILES string of the molecule is O=C(OOC(=O)c1ccccc1)c1ccccc1.O=C1CCC(=O)N1Br.[2H]c1c([2H])c(C([2H])([2H])Br)c([2H])c([2H])c1I.[2H]c1c([2H])c(C([2H])([2H])[2H])c([2H])c([2H])c1I. The summed E-state index contributed by atoms with van der Waals surface area (Å²) in [6.07, 6.45) is 0.703. The Morgan fingerprint density at radius 3 is 1.51 bits per heavy atom. The summed E-state index contributed by atoms with van der Waals surface area (Å²) in [7, 11) is 0. The third-order valence-corrected chi connectivity index (χ3v) is 6.75. The molecule has 5 rings (SSSR count). The highest BCUT2D eigenvalue weighted by Gasteiger charge is 2.26. The number of benzene rings is 4. The molecule has 1 aliphatic rings. The van der Waals surface area contributed by atoms with Crippen molar-refractivity contribution < 1.29 is 46.8 Å². The Hall–Kier alpha value is -2.62. The Bertz CT molecular complexity index is 1890. The third kappa shape index (κ3) is 14.6. The number of carbonyl (C=O) groups excluding carboxylic acids is 4. The van der Waals surface area contributed by atoms with E-state index in [1.54, 1.807) is 106 Å². The molecule has 43 heavy (non-hydrogen) atoms. The lowest BCUT2D eigenvalue weighted by molar-refractivity contribution is -0.187. The van der Waals surface area contributed by atoms with Crippen molar-refractivity contribution in [1.29, 1.82) is 0 Å². The average molecular weight is 948 g/mol. The molecule has 1 fully saturated rings. The van der Waals surface area contributed by atoms with Crippen LogP contribution in [0.4, 0.5) is 0 Å². The monoisotopic (exact) mass is 946 g/mol. The van der Waals surface area contributed by atoms with Gasteiger partial charge >= 0.3 is 11.9 Å². The minimum absolute atomic E-state index is 0.135. The van der Waals surface area contributed by atoms with Crippen molar-refractivity contribution in [1.82, 2.24) is 3.93 Å². The minimum atomic E-state index is -2.62. The van der Waals surface area contributed by atoms with Crippen molar-refractivity contribution >= 4 is 101 Å². The van der Waals surface area contributed by atoms with Gasteiger partial charge in [-0.25, -0.2) is 23.3 Å². The molecule has 0 spiro atoms. The number of hydrogen-bond acceptors (Lipinski definition) is 6. The summed E-state index contributed by atoms with van der Waals surface area (Å²) in [6.45, 7) is -2.62. The first kappa shape index (κ1) is 21.2. The number of amides is 2. The molecule has 7 nitrogen and oxygen atoms in total. The van der Waals surface area contributed by atoms with Crippen molar-refractivity contribution in [3.63, 3.8) is 0 Å². The van der Waals surface area contributed by atoms with Crippen LogP contribution < -0.4 is 0 Å². The van der Waals surface area contributed by atoms with Crippen LogP contribution in [-0.2, 0) is 24.6 Å². The number of imide groups is 1. The first-order valence-electron chi connectivity index (χ1n) is 18.1. The van der Waals surface area contributed by atoms with Crippen molar-refractivity contribution in [2.24, 2.45) is 0 Å². The van der Waals surface area contributed by atoms with Crippen molar-refractivity contribution in [3.05, 3.63) is 138 Å². The van der Waals surface area contributed by atoms with Gasteiger partial charge in [0.2, 0.25) is 11.8 Å². The summed E-state index contributed by atoms with van der Waals surface area (Å²) in [5, 5.41) is -2.06. The van der Waals surface area contributed by atoms with E-state index in [0.717, 1.165) is 3.93 Å². The maximum absolute atomic E-state index is 11.5. The molecule has 4 aromatic carbocycles. The van der Waals surface area contributed by atoms with Crippen molar-refractivity contribution in [2.75, 3.05) is 0 Å². The molecular weight excluding hydrogens is 908 g/mol. The second kappa shape index (κ2) is 20.4. The maximum atomic E-state index is 11.5. The average Bonchev–Trinajstić information content (AvgIpc) is 3.44. The second-order valence-electron chi connectivity index (χ2n) is 7.51. The summed E-state index contributed by atoms with van der Waals surface area (Å²) < 4.78 is 97.5. The quantitative estimate of drug-likeness (QED) is 0.0510. The highest BCUT2D eigenvalue weighted by atomic mass is 127. The summed E-state index contributed by atoms with van der Waals surface area (Å²) in [4.78, 5) is 52.8. The lowest BCUT2D eigenvalue weighted by Gasteiger charge is -2.02. The highest BCUT2D eigenvalue weighted by molar-refractivity contribution is 14.1. The predicted octanol–water partition coefficient (Wildman–Crippen LogP) is 8.85. The van der Waals surface area contributed by atoms with E-state index in [9.17, 15) is 19.2 Å². The minimum Gasteiger partial charge on any atom is -0.274 e. The number of halogens is 4. The molecule has 1 saturated heterocycles. The van der Waals surface area contributed by atoms with Gasteiger partial charge < -0.3 is 0 Å². The Kier molecular flexibility index (Phi) is 10.0. The van der Waals surface area contributed by atoms with Gasteiger partial charge in [-0.2, -0.15) is 0 Å². The Labute approximate surface area is 313 Å². The summed E-state index contributed by atoms with van der Waals surface area (Å²) in [6, 6.07) is 13.9. The van der Waals surface area contributed by atoms with E-state index in [1.807, 2.05) is 0 Å². The zero-order chi connectivity index (χ0) is 42.9. The van der Waals surface area contributed by atoms with Crippen molar-refractivity contribution in [2.45, 2.75) is 25.0 Å². The lowest BCUT2D eigenvalue weighted by Crippen LogP contribution is -2.16. The predicted molar refractivity (Wildman–Crippen MR) is 189 cm³/mol. The highest BCUT2D eigenvalue weighted by Crippen LogP contribution is 2.14. The lowest BCUT2D eigenvalue weighted by atomic mass is 10.2. The maximum Gasteiger partial charge on any atom is 0.386 e. The Balaban J connectivity index is 0.000000266. The van der Waals surface area contributed by atoms with E-state index in [2.05, 4.69) is 41.9 Å². The molecule has 0 radical (unpaired) electrons. The Morgan fingerprint density at radius 2 is 1.19 bits per heavy atom. The molecule has 0 aliphatic carbocycles. The second-order valence-corrected chi connectivity index (χ2v) is 10.8. The van der Waals surface area contributed by atoms with Crippen LogP contribution in [0.1, 0.15) is 62.5 Å². The van der Waals surface area contributed by atoms with E-state index in [4.69, 9.17) is 17.8 Å². The van der Waals surface area contributed by atoms with Gasteiger partial charge in [0.05, 0.1) is 38.2 Å².